The number of fused-ring (bicyclic) bond motifs is 1. The normalized spacial score (nSPS) is 17.2. The minimum atomic E-state index is -0.808. The number of ether oxygens (including phenoxy) is 1. The largest absolute Gasteiger partial charge is 0.489 e. The first kappa shape index (κ1) is 11.3. The molecule has 2 rings (SSSR count). The summed E-state index contributed by atoms with van der Waals surface area (Å²) in [6.07, 6.45) is 0.640. The molecule has 0 aliphatic carbocycles. The molecule has 0 saturated carbocycles. The number of anilines is 1. The van der Waals surface area contributed by atoms with E-state index in [1.54, 1.807) is 18.2 Å². The SMILES string of the molecule is N#Cc1ccc2c(c1)OCC(CCC(=O)O)N2. The van der Waals surface area contributed by atoms with Crippen LogP contribution in [0.4, 0.5) is 5.69 Å². The highest BCUT2D eigenvalue weighted by molar-refractivity contribution is 5.67. The van der Waals surface area contributed by atoms with E-state index in [0.29, 0.717) is 24.3 Å². The van der Waals surface area contributed by atoms with Crippen LogP contribution in [0.2, 0.25) is 0 Å². The summed E-state index contributed by atoms with van der Waals surface area (Å²) in [6.45, 7) is 0.426. The van der Waals surface area contributed by atoms with E-state index in [1.807, 2.05) is 6.07 Å². The summed E-state index contributed by atoms with van der Waals surface area (Å²) in [5, 5.41) is 20.6. The third-order valence-corrected chi connectivity index (χ3v) is 2.62. The molecule has 1 aliphatic heterocycles. The van der Waals surface area contributed by atoms with Crippen LogP contribution in [0.1, 0.15) is 18.4 Å². The lowest BCUT2D eigenvalue weighted by Crippen LogP contribution is -2.31. The number of carboxylic acids is 1. The molecule has 17 heavy (non-hydrogen) atoms. The second kappa shape index (κ2) is 4.74. The fraction of sp³-hybridized carbons (Fsp3) is 0.333. The summed E-state index contributed by atoms with van der Waals surface area (Å²) in [7, 11) is 0. The van der Waals surface area contributed by atoms with Crippen LogP contribution in [0, 0.1) is 11.3 Å². The van der Waals surface area contributed by atoms with Gasteiger partial charge >= 0.3 is 5.97 Å². The topological polar surface area (TPSA) is 82.3 Å². The molecule has 5 heteroatoms. The monoisotopic (exact) mass is 232 g/mol. The van der Waals surface area contributed by atoms with Gasteiger partial charge in [-0.05, 0) is 18.6 Å². The molecular formula is C12H12N2O3. The highest BCUT2D eigenvalue weighted by Crippen LogP contribution is 2.30. The van der Waals surface area contributed by atoms with Crippen molar-refractivity contribution in [3.05, 3.63) is 23.8 Å². The maximum absolute atomic E-state index is 10.5. The molecule has 88 valence electrons. The van der Waals surface area contributed by atoms with Gasteiger partial charge in [-0.3, -0.25) is 4.79 Å². The van der Waals surface area contributed by atoms with E-state index in [2.05, 4.69) is 5.32 Å². The number of nitrogens with one attached hydrogen (secondary N) is 1. The zero-order valence-electron chi connectivity index (χ0n) is 9.14. The Morgan fingerprint density at radius 1 is 1.65 bits per heavy atom. The van der Waals surface area contributed by atoms with Crippen molar-refractivity contribution in [2.45, 2.75) is 18.9 Å². The Kier molecular flexibility index (Phi) is 3.15. The van der Waals surface area contributed by atoms with Crippen molar-refractivity contribution >= 4 is 11.7 Å². The van der Waals surface area contributed by atoms with Gasteiger partial charge in [0.2, 0.25) is 0 Å². The Morgan fingerprint density at radius 2 is 2.47 bits per heavy atom. The number of carbonyl (C=O) groups is 1. The van der Waals surface area contributed by atoms with E-state index < -0.39 is 5.97 Å². The van der Waals surface area contributed by atoms with E-state index in [4.69, 9.17) is 15.1 Å². The van der Waals surface area contributed by atoms with Crippen LogP contribution >= 0.6 is 0 Å². The van der Waals surface area contributed by atoms with E-state index in [0.717, 1.165) is 5.69 Å². The van der Waals surface area contributed by atoms with Crippen LogP contribution in [0.15, 0.2) is 18.2 Å². The first-order valence-electron chi connectivity index (χ1n) is 5.34. The summed E-state index contributed by atoms with van der Waals surface area (Å²) in [6, 6.07) is 7.21. The fourth-order valence-corrected chi connectivity index (χ4v) is 1.74. The Labute approximate surface area is 98.6 Å². The zero-order chi connectivity index (χ0) is 12.3. The van der Waals surface area contributed by atoms with Crippen molar-refractivity contribution in [3.63, 3.8) is 0 Å². The van der Waals surface area contributed by atoms with Crippen molar-refractivity contribution in [2.24, 2.45) is 0 Å². The van der Waals surface area contributed by atoms with E-state index in [-0.39, 0.29) is 12.5 Å². The predicted molar refractivity (Wildman–Crippen MR) is 60.9 cm³/mol. The van der Waals surface area contributed by atoms with Crippen molar-refractivity contribution in [1.82, 2.24) is 0 Å². The van der Waals surface area contributed by atoms with Crippen LogP contribution in [0.5, 0.6) is 5.75 Å². The summed E-state index contributed by atoms with van der Waals surface area (Å²) in [5.41, 5.74) is 1.36. The molecule has 2 N–H and O–H groups in total. The van der Waals surface area contributed by atoms with Gasteiger partial charge in [-0.15, -0.1) is 0 Å². The summed E-state index contributed by atoms with van der Waals surface area (Å²) in [5.74, 6) is -0.159. The number of carboxylic acid groups (broad SMARTS) is 1. The average Bonchev–Trinajstić information content (AvgIpc) is 2.35. The van der Waals surface area contributed by atoms with Crippen LogP contribution in [-0.4, -0.2) is 23.7 Å². The van der Waals surface area contributed by atoms with Crippen molar-refractivity contribution in [3.8, 4) is 11.8 Å². The number of benzene rings is 1. The maximum Gasteiger partial charge on any atom is 0.303 e. The van der Waals surface area contributed by atoms with Crippen LogP contribution in [0.3, 0.4) is 0 Å². The third-order valence-electron chi connectivity index (χ3n) is 2.62. The van der Waals surface area contributed by atoms with Crippen molar-refractivity contribution < 1.29 is 14.6 Å². The molecule has 0 bridgehead atoms. The fourth-order valence-electron chi connectivity index (χ4n) is 1.74. The van der Waals surface area contributed by atoms with Gasteiger partial charge < -0.3 is 15.2 Å². The molecule has 1 heterocycles. The van der Waals surface area contributed by atoms with E-state index >= 15 is 0 Å². The van der Waals surface area contributed by atoms with Gasteiger partial charge in [-0.1, -0.05) is 0 Å². The van der Waals surface area contributed by atoms with Crippen molar-refractivity contribution in [1.29, 1.82) is 5.26 Å². The lowest BCUT2D eigenvalue weighted by Gasteiger charge is -2.27. The molecule has 0 amide bonds. The lowest BCUT2D eigenvalue weighted by atomic mass is 10.1. The highest BCUT2D eigenvalue weighted by Gasteiger charge is 2.19. The second-order valence-corrected chi connectivity index (χ2v) is 3.91. The minimum absolute atomic E-state index is 0.00605. The minimum Gasteiger partial charge on any atom is -0.489 e. The van der Waals surface area contributed by atoms with Crippen LogP contribution in [-0.2, 0) is 4.79 Å². The summed E-state index contributed by atoms with van der Waals surface area (Å²) < 4.78 is 5.50. The summed E-state index contributed by atoms with van der Waals surface area (Å²) in [4.78, 5) is 10.5. The standard InChI is InChI=1S/C12H12N2O3/c13-6-8-1-3-10-11(5-8)17-7-9(14-10)2-4-12(15)16/h1,3,5,9,14H,2,4,7H2,(H,15,16). The molecule has 0 radical (unpaired) electrons. The summed E-state index contributed by atoms with van der Waals surface area (Å²) >= 11 is 0. The molecule has 5 nitrogen and oxygen atoms in total. The van der Waals surface area contributed by atoms with Gasteiger partial charge in [-0.25, -0.2) is 0 Å². The molecule has 0 saturated heterocycles. The van der Waals surface area contributed by atoms with Gasteiger partial charge in [0.1, 0.15) is 12.4 Å². The van der Waals surface area contributed by atoms with Gasteiger partial charge in [0.05, 0.1) is 23.4 Å². The number of aliphatic carboxylic acids is 1. The highest BCUT2D eigenvalue weighted by atomic mass is 16.5. The predicted octanol–water partition coefficient (Wildman–Crippen LogP) is 1.60. The molecule has 1 atom stereocenters. The second-order valence-electron chi connectivity index (χ2n) is 3.91. The first-order valence-corrected chi connectivity index (χ1v) is 5.34. The van der Waals surface area contributed by atoms with Crippen LogP contribution < -0.4 is 10.1 Å². The average molecular weight is 232 g/mol. The number of nitrogens with zero attached hydrogens (tertiary/aromatic N) is 1. The Bertz CT molecular complexity index is 479. The lowest BCUT2D eigenvalue weighted by molar-refractivity contribution is -0.137. The number of hydrogen-bond donors (Lipinski definition) is 2. The van der Waals surface area contributed by atoms with Gasteiger partial charge in [-0.2, -0.15) is 5.26 Å². The van der Waals surface area contributed by atoms with Crippen molar-refractivity contribution in [2.75, 3.05) is 11.9 Å². The Morgan fingerprint density at radius 3 is 3.18 bits per heavy atom. The molecule has 1 aliphatic rings. The zero-order valence-corrected chi connectivity index (χ0v) is 9.14. The first-order chi connectivity index (χ1) is 8.19. The smallest absolute Gasteiger partial charge is 0.303 e. The Hall–Kier alpha value is -2.22. The molecule has 0 fully saturated rings. The number of rotatable bonds is 3. The van der Waals surface area contributed by atoms with E-state index in [9.17, 15) is 4.79 Å². The molecule has 0 aromatic heterocycles. The third kappa shape index (κ3) is 2.67. The van der Waals surface area contributed by atoms with Gasteiger partial charge in [0, 0.05) is 12.5 Å². The molecule has 1 aromatic carbocycles. The molecule has 1 unspecified atom stereocenters. The molecule has 0 spiro atoms. The van der Waals surface area contributed by atoms with E-state index in [1.165, 1.54) is 0 Å². The number of hydrogen-bond acceptors (Lipinski definition) is 4. The van der Waals surface area contributed by atoms with Gasteiger partial charge in [0.25, 0.3) is 0 Å². The quantitative estimate of drug-likeness (QED) is 0.827. The molecule has 1 aromatic rings. The number of nitriles is 1. The van der Waals surface area contributed by atoms with Crippen LogP contribution in [0.25, 0.3) is 0 Å². The Balaban J connectivity index is 2.04. The van der Waals surface area contributed by atoms with Gasteiger partial charge in [0.15, 0.2) is 0 Å². The maximum atomic E-state index is 10.5. The molecular weight excluding hydrogens is 220 g/mol.